The maximum absolute atomic E-state index is 14.3. The molecule has 4 rings (SSSR count). The van der Waals surface area contributed by atoms with Gasteiger partial charge in [0.1, 0.15) is 16.3 Å². The Balaban J connectivity index is 2.26. The van der Waals surface area contributed by atoms with E-state index in [1.807, 2.05) is 0 Å². The van der Waals surface area contributed by atoms with Gasteiger partial charge < -0.3 is 9.52 Å². The fourth-order valence-electron chi connectivity index (χ4n) is 3.22. The number of rotatable bonds is 2. The molecule has 2 aliphatic rings. The average Bonchev–Trinajstić information content (AvgIpc) is 2.70. The Bertz CT molecular complexity index is 1290. The molecule has 2 aromatic rings. The van der Waals surface area contributed by atoms with Gasteiger partial charge in [-0.2, -0.15) is 0 Å². The standard InChI is InChI=1S/C21H11BrF2O4/c1-9-18(26)14(23)6-12-16(11-4-2-10(8-25)3-5-11)13-7-15(24)19(27)17(22)21(13)28-20(9)12/h2-8,26H,1H3. The van der Waals surface area contributed by atoms with E-state index in [9.17, 15) is 23.5 Å². The molecule has 0 aromatic heterocycles. The third-order valence-electron chi connectivity index (χ3n) is 4.65. The predicted molar refractivity (Wildman–Crippen MR) is 104 cm³/mol. The van der Waals surface area contributed by atoms with Gasteiger partial charge in [0.05, 0.1) is 0 Å². The summed E-state index contributed by atoms with van der Waals surface area (Å²) < 4.78 is 34.2. The number of aromatic hydroxyl groups is 1. The summed E-state index contributed by atoms with van der Waals surface area (Å²) in [4.78, 5) is 23.0. The summed E-state index contributed by atoms with van der Waals surface area (Å²) in [6, 6.07) is 8.54. The van der Waals surface area contributed by atoms with Gasteiger partial charge in [-0.15, -0.1) is 0 Å². The Hall–Kier alpha value is -3.06. The van der Waals surface area contributed by atoms with Crippen molar-refractivity contribution in [2.45, 2.75) is 6.92 Å². The number of carbonyl (C=O) groups is 1. The van der Waals surface area contributed by atoms with Crippen LogP contribution in [0.4, 0.5) is 8.78 Å². The van der Waals surface area contributed by atoms with Crippen LogP contribution in [0.15, 0.2) is 50.1 Å². The lowest BCUT2D eigenvalue weighted by atomic mass is 9.92. The topological polar surface area (TPSA) is 67.5 Å². The highest BCUT2D eigenvalue weighted by Gasteiger charge is 2.25. The molecule has 4 nitrogen and oxygen atoms in total. The van der Waals surface area contributed by atoms with E-state index in [1.54, 1.807) is 24.3 Å². The lowest BCUT2D eigenvalue weighted by Crippen LogP contribution is -2.10. The number of aldehydes is 1. The third-order valence-corrected chi connectivity index (χ3v) is 5.37. The summed E-state index contributed by atoms with van der Waals surface area (Å²) in [5.41, 5.74) is 1.09. The first kappa shape index (κ1) is 18.3. The number of benzene rings is 3. The van der Waals surface area contributed by atoms with Crippen LogP contribution in [-0.2, 0) is 0 Å². The van der Waals surface area contributed by atoms with E-state index in [0.717, 1.165) is 12.1 Å². The number of phenolic OH excluding ortho intramolecular Hbond substituents is 1. The van der Waals surface area contributed by atoms with Gasteiger partial charge in [0.25, 0.3) is 0 Å². The Kier molecular flexibility index (Phi) is 4.27. The summed E-state index contributed by atoms with van der Waals surface area (Å²) in [5.74, 6) is -2.35. The smallest absolute Gasteiger partial charge is 0.232 e. The summed E-state index contributed by atoms with van der Waals surface area (Å²) in [5, 5.41) is 10.3. The molecule has 1 N–H and O–H groups in total. The largest absolute Gasteiger partial charge is 0.505 e. The molecule has 1 aliphatic carbocycles. The molecule has 28 heavy (non-hydrogen) atoms. The molecule has 7 heteroatoms. The molecule has 1 heterocycles. The van der Waals surface area contributed by atoms with E-state index >= 15 is 0 Å². The number of aryl methyl sites for hydroxylation is 1. The Labute approximate surface area is 165 Å². The van der Waals surface area contributed by atoms with Crippen molar-refractivity contribution in [1.29, 1.82) is 0 Å². The minimum Gasteiger partial charge on any atom is -0.505 e. The lowest BCUT2D eigenvalue weighted by molar-refractivity contribution is 0.112. The predicted octanol–water partition coefficient (Wildman–Crippen LogP) is 5.43. The van der Waals surface area contributed by atoms with Gasteiger partial charge >= 0.3 is 0 Å². The molecule has 2 aromatic carbocycles. The molecule has 0 saturated carbocycles. The molecule has 0 atom stereocenters. The zero-order chi connectivity index (χ0) is 20.2. The Morgan fingerprint density at radius 1 is 1.11 bits per heavy atom. The van der Waals surface area contributed by atoms with Gasteiger partial charge in [-0.1, -0.05) is 24.3 Å². The molecule has 0 saturated heterocycles. The Morgan fingerprint density at radius 2 is 1.79 bits per heavy atom. The zero-order valence-electron chi connectivity index (χ0n) is 14.3. The van der Waals surface area contributed by atoms with Crippen molar-refractivity contribution in [3.05, 3.63) is 73.9 Å². The number of halogens is 3. The molecule has 0 radical (unpaired) electrons. The number of fused-ring (bicyclic) bond motifs is 2. The van der Waals surface area contributed by atoms with Crippen LogP contribution in [-0.4, -0.2) is 11.4 Å². The molecule has 1 aliphatic heterocycles. The third kappa shape index (κ3) is 2.62. The minimum atomic E-state index is -0.990. The maximum Gasteiger partial charge on any atom is 0.232 e. The van der Waals surface area contributed by atoms with E-state index in [1.165, 1.54) is 6.92 Å². The molecule has 0 bridgehead atoms. The summed E-state index contributed by atoms with van der Waals surface area (Å²) >= 11 is 3.08. The molecular weight excluding hydrogens is 434 g/mol. The summed E-state index contributed by atoms with van der Waals surface area (Å²) in [7, 11) is 0. The van der Waals surface area contributed by atoms with Gasteiger partial charge in [0, 0.05) is 27.6 Å². The number of hydrogen-bond acceptors (Lipinski definition) is 4. The average molecular weight is 445 g/mol. The van der Waals surface area contributed by atoms with Gasteiger partial charge in [-0.3, -0.25) is 9.59 Å². The van der Waals surface area contributed by atoms with E-state index in [-0.39, 0.29) is 26.9 Å². The van der Waals surface area contributed by atoms with E-state index < -0.39 is 22.8 Å². The van der Waals surface area contributed by atoms with Crippen molar-refractivity contribution >= 4 is 33.2 Å². The molecule has 0 unspecified atom stereocenters. The van der Waals surface area contributed by atoms with Gasteiger partial charge in [-0.25, -0.2) is 8.78 Å². The van der Waals surface area contributed by atoms with Crippen molar-refractivity contribution in [3.63, 3.8) is 0 Å². The van der Waals surface area contributed by atoms with E-state index in [2.05, 4.69) is 15.9 Å². The van der Waals surface area contributed by atoms with Crippen LogP contribution in [0.3, 0.4) is 0 Å². The van der Waals surface area contributed by atoms with Gasteiger partial charge in [0.15, 0.2) is 23.1 Å². The molecule has 0 spiro atoms. The van der Waals surface area contributed by atoms with Crippen LogP contribution >= 0.6 is 15.9 Å². The highest BCUT2D eigenvalue weighted by atomic mass is 79.9. The fourth-order valence-corrected chi connectivity index (χ4v) is 3.71. The van der Waals surface area contributed by atoms with Crippen molar-refractivity contribution in [2.24, 2.45) is 0 Å². The maximum atomic E-state index is 14.3. The normalized spacial score (nSPS) is 11.3. The quantitative estimate of drug-likeness (QED) is 0.330. The minimum absolute atomic E-state index is 0.0717. The van der Waals surface area contributed by atoms with Crippen molar-refractivity contribution in [1.82, 2.24) is 0 Å². The number of phenols is 1. The van der Waals surface area contributed by atoms with Crippen LogP contribution in [0, 0.1) is 18.6 Å². The summed E-state index contributed by atoms with van der Waals surface area (Å²) in [6.07, 6.45) is 0.683. The van der Waals surface area contributed by atoms with Crippen LogP contribution < -0.4 is 5.43 Å². The highest BCUT2D eigenvalue weighted by molar-refractivity contribution is 9.10. The second-order valence-corrected chi connectivity index (χ2v) is 7.10. The SMILES string of the molecule is Cc1c(O)c(F)cc2c(-c3ccc(C=O)cc3)c3cc(F)c(=O)c(Br)c-3oc12. The van der Waals surface area contributed by atoms with Crippen LogP contribution in [0.1, 0.15) is 15.9 Å². The van der Waals surface area contributed by atoms with E-state index in [4.69, 9.17) is 4.42 Å². The highest BCUT2D eigenvalue weighted by Crippen LogP contribution is 2.45. The molecule has 140 valence electrons. The van der Waals surface area contributed by atoms with Crippen molar-refractivity contribution in [2.75, 3.05) is 0 Å². The number of carbonyl (C=O) groups excluding carboxylic acids is 1. The molecule has 0 fully saturated rings. The van der Waals surface area contributed by atoms with Gasteiger partial charge in [-0.05, 0) is 40.5 Å². The first-order valence-electron chi connectivity index (χ1n) is 8.15. The molecular formula is C21H11BrF2O4. The van der Waals surface area contributed by atoms with Crippen molar-refractivity contribution in [3.8, 4) is 28.2 Å². The van der Waals surface area contributed by atoms with Crippen LogP contribution in [0.5, 0.6) is 5.75 Å². The van der Waals surface area contributed by atoms with Crippen LogP contribution in [0.2, 0.25) is 0 Å². The van der Waals surface area contributed by atoms with E-state index in [0.29, 0.717) is 28.4 Å². The number of hydrogen-bond donors (Lipinski definition) is 1. The molecule has 0 amide bonds. The lowest BCUT2D eigenvalue weighted by Gasteiger charge is -2.18. The van der Waals surface area contributed by atoms with Gasteiger partial charge in [0.2, 0.25) is 5.43 Å². The second-order valence-electron chi connectivity index (χ2n) is 6.30. The summed E-state index contributed by atoms with van der Waals surface area (Å²) in [6.45, 7) is 1.48. The zero-order valence-corrected chi connectivity index (χ0v) is 15.9. The fraction of sp³-hybridized carbons (Fsp3) is 0.0476. The second kappa shape index (κ2) is 6.53. The monoisotopic (exact) mass is 444 g/mol. The van der Waals surface area contributed by atoms with Crippen molar-refractivity contribution < 1.29 is 23.1 Å². The first-order valence-corrected chi connectivity index (χ1v) is 8.95. The first-order chi connectivity index (χ1) is 13.3. The Morgan fingerprint density at radius 3 is 2.43 bits per heavy atom. The van der Waals surface area contributed by atoms with Crippen LogP contribution in [0.25, 0.3) is 33.4 Å².